The number of rotatable bonds is 7. The summed E-state index contributed by atoms with van der Waals surface area (Å²) in [6, 6.07) is 17.1. The fourth-order valence-electron chi connectivity index (χ4n) is 3.82. The first-order valence-corrected chi connectivity index (χ1v) is 11.0. The Labute approximate surface area is 172 Å². The predicted molar refractivity (Wildman–Crippen MR) is 112 cm³/mol. The van der Waals surface area contributed by atoms with Crippen molar-refractivity contribution in [2.24, 2.45) is 0 Å². The van der Waals surface area contributed by atoms with E-state index in [0.29, 0.717) is 43.8 Å². The largest absolute Gasteiger partial charge is 0.496 e. The highest BCUT2D eigenvalue weighted by Crippen LogP contribution is 2.36. The van der Waals surface area contributed by atoms with Crippen molar-refractivity contribution in [1.82, 2.24) is 14.3 Å². The molecule has 3 rings (SSSR count). The van der Waals surface area contributed by atoms with E-state index < -0.39 is 10.2 Å². The van der Waals surface area contributed by atoms with Gasteiger partial charge in [0.05, 0.1) is 12.7 Å². The van der Waals surface area contributed by atoms with Crippen LogP contribution in [0.15, 0.2) is 54.6 Å². The first-order valence-electron chi connectivity index (χ1n) is 9.57. The molecule has 1 amide bonds. The summed E-state index contributed by atoms with van der Waals surface area (Å²) in [5.74, 6) is 0.316. The lowest BCUT2D eigenvalue weighted by molar-refractivity contribution is 0.0930. The number of nitrogens with zero attached hydrogens (tertiary/aromatic N) is 1. The van der Waals surface area contributed by atoms with Crippen molar-refractivity contribution in [2.75, 3.05) is 33.8 Å². The van der Waals surface area contributed by atoms with E-state index in [2.05, 4.69) is 10.0 Å². The van der Waals surface area contributed by atoms with Crippen LogP contribution in [-0.4, -0.2) is 52.4 Å². The number of ether oxygens (including phenoxy) is 1. The molecular formula is C21H27N3O4S. The maximum atomic E-state index is 12.8. The van der Waals surface area contributed by atoms with E-state index in [1.165, 1.54) is 18.5 Å². The van der Waals surface area contributed by atoms with Crippen LogP contribution < -0.4 is 14.8 Å². The van der Waals surface area contributed by atoms with Crippen LogP contribution in [0.25, 0.3) is 0 Å². The predicted octanol–water partition coefficient (Wildman–Crippen LogP) is 1.92. The fourth-order valence-corrected chi connectivity index (χ4v) is 4.74. The zero-order chi connectivity index (χ0) is 20.9. The Morgan fingerprint density at radius 2 is 1.69 bits per heavy atom. The number of para-hydroxylation sites is 1. The van der Waals surface area contributed by atoms with Crippen molar-refractivity contribution < 1.29 is 17.9 Å². The Morgan fingerprint density at radius 3 is 2.31 bits per heavy atom. The highest BCUT2D eigenvalue weighted by Gasteiger charge is 2.39. The number of nitrogens with one attached hydrogen (secondary N) is 2. The number of methoxy groups -OCH3 is 1. The Kier molecular flexibility index (Phi) is 6.56. The Balaban J connectivity index is 1.80. The van der Waals surface area contributed by atoms with Gasteiger partial charge < -0.3 is 10.1 Å². The highest BCUT2D eigenvalue weighted by atomic mass is 32.2. The van der Waals surface area contributed by atoms with Gasteiger partial charge in [-0.2, -0.15) is 12.7 Å². The lowest BCUT2D eigenvalue weighted by Crippen LogP contribution is -2.52. The van der Waals surface area contributed by atoms with Gasteiger partial charge >= 0.3 is 0 Å². The van der Waals surface area contributed by atoms with Crippen molar-refractivity contribution in [3.63, 3.8) is 0 Å². The maximum Gasteiger partial charge on any atom is 0.279 e. The molecule has 0 atom stereocenters. The molecule has 2 aromatic carbocycles. The molecule has 8 heteroatoms. The number of amides is 1. The zero-order valence-corrected chi connectivity index (χ0v) is 17.5. The summed E-state index contributed by atoms with van der Waals surface area (Å²) in [4.78, 5) is 12.8. The molecule has 1 saturated heterocycles. The quantitative estimate of drug-likeness (QED) is 0.721. The van der Waals surface area contributed by atoms with Crippen LogP contribution in [0.1, 0.15) is 28.8 Å². The molecule has 156 valence electrons. The number of benzene rings is 2. The average molecular weight is 418 g/mol. The second kappa shape index (κ2) is 8.94. The molecule has 0 aliphatic carbocycles. The van der Waals surface area contributed by atoms with Gasteiger partial charge in [0.2, 0.25) is 0 Å². The zero-order valence-electron chi connectivity index (χ0n) is 16.7. The number of carbonyl (C=O) groups is 1. The normalized spacial score (nSPS) is 16.9. The second-order valence-corrected chi connectivity index (χ2v) is 9.01. The van der Waals surface area contributed by atoms with E-state index in [9.17, 15) is 13.2 Å². The van der Waals surface area contributed by atoms with Crippen LogP contribution in [-0.2, 0) is 15.6 Å². The van der Waals surface area contributed by atoms with Crippen molar-refractivity contribution in [1.29, 1.82) is 0 Å². The molecule has 2 N–H and O–H groups in total. The van der Waals surface area contributed by atoms with E-state index in [-0.39, 0.29) is 11.3 Å². The molecule has 1 heterocycles. The molecule has 1 aliphatic rings. The molecule has 0 aromatic heterocycles. The number of hydrogen-bond acceptors (Lipinski definition) is 4. The molecule has 0 spiro atoms. The standard InChI is InChI=1S/C21H27N3O4S/c1-22-29(26,27)24-14-12-21(13-15-24,17-8-4-3-5-9-17)16-23-20(25)18-10-6-7-11-19(18)28-2/h3-11,22H,12-16H2,1-2H3,(H,23,25). The summed E-state index contributed by atoms with van der Waals surface area (Å²) in [7, 11) is -0.502. The van der Waals surface area contributed by atoms with Gasteiger partial charge in [-0.05, 0) is 30.5 Å². The van der Waals surface area contributed by atoms with E-state index in [0.717, 1.165) is 5.56 Å². The first-order chi connectivity index (χ1) is 13.9. The van der Waals surface area contributed by atoms with Gasteiger partial charge in [-0.15, -0.1) is 0 Å². The molecule has 29 heavy (non-hydrogen) atoms. The van der Waals surface area contributed by atoms with Gasteiger partial charge in [-0.25, -0.2) is 4.72 Å². The lowest BCUT2D eigenvalue weighted by atomic mass is 9.73. The van der Waals surface area contributed by atoms with E-state index in [1.807, 2.05) is 36.4 Å². The Morgan fingerprint density at radius 1 is 1.07 bits per heavy atom. The fraction of sp³-hybridized carbons (Fsp3) is 0.381. The van der Waals surface area contributed by atoms with Crippen LogP contribution in [0, 0.1) is 0 Å². The third kappa shape index (κ3) is 4.60. The van der Waals surface area contributed by atoms with Crippen molar-refractivity contribution in [3.05, 3.63) is 65.7 Å². The molecular weight excluding hydrogens is 390 g/mol. The first kappa shape index (κ1) is 21.3. The number of piperidine rings is 1. The van der Waals surface area contributed by atoms with Crippen LogP contribution in [0.4, 0.5) is 0 Å². The SMILES string of the molecule is CNS(=O)(=O)N1CCC(CNC(=O)c2ccccc2OC)(c2ccccc2)CC1. The summed E-state index contributed by atoms with van der Waals surface area (Å²) in [5, 5.41) is 3.05. The minimum Gasteiger partial charge on any atom is -0.496 e. The molecule has 7 nitrogen and oxygen atoms in total. The third-order valence-electron chi connectivity index (χ3n) is 5.60. The van der Waals surface area contributed by atoms with E-state index >= 15 is 0 Å². The van der Waals surface area contributed by atoms with Crippen LogP contribution >= 0.6 is 0 Å². The van der Waals surface area contributed by atoms with Crippen LogP contribution in [0.3, 0.4) is 0 Å². The number of carbonyl (C=O) groups excluding carboxylic acids is 1. The van der Waals surface area contributed by atoms with Crippen molar-refractivity contribution in [2.45, 2.75) is 18.3 Å². The van der Waals surface area contributed by atoms with Gasteiger partial charge in [0.25, 0.3) is 16.1 Å². The summed E-state index contributed by atoms with van der Waals surface area (Å²) in [6.45, 7) is 1.20. The van der Waals surface area contributed by atoms with Crippen LogP contribution in [0.5, 0.6) is 5.75 Å². The summed E-state index contributed by atoms with van der Waals surface area (Å²) >= 11 is 0. The highest BCUT2D eigenvalue weighted by molar-refractivity contribution is 7.87. The molecule has 1 fully saturated rings. The van der Waals surface area contributed by atoms with Crippen LogP contribution in [0.2, 0.25) is 0 Å². The van der Waals surface area contributed by atoms with Crippen molar-refractivity contribution >= 4 is 16.1 Å². The smallest absolute Gasteiger partial charge is 0.279 e. The maximum absolute atomic E-state index is 12.8. The monoisotopic (exact) mass is 417 g/mol. The summed E-state index contributed by atoms with van der Waals surface area (Å²) in [6.07, 6.45) is 1.23. The average Bonchev–Trinajstić information content (AvgIpc) is 2.78. The second-order valence-electron chi connectivity index (χ2n) is 7.14. The number of hydrogen-bond donors (Lipinski definition) is 2. The van der Waals surface area contributed by atoms with Gasteiger partial charge in [-0.3, -0.25) is 4.79 Å². The molecule has 0 radical (unpaired) electrons. The van der Waals surface area contributed by atoms with Gasteiger partial charge in [0.1, 0.15) is 5.75 Å². The molecule has 0 bridgehead atoms. The molecule has 0 unspecified atom stereocenters. The third-order valence-corrected chi connectivity index (χ3v) is 7.16. The Bertz CT molecular complexity index is 939. The van der Waals surface area contributed by atoms with E-state index in [1.54, 1.807) is 18.2 Å². The minimum absolute atomic E-state index is 0.206. The van der Waals surface area contributed by atoms with Gasteiger partial charge in [0, 0.05) is 32.1 Å². The Hall–Kier alpha value is -2.42. The van der Waals surface area contributed by atoms with Crippen molar-refractivity contribution in [3.8, 4) is 5.75 Å². The minimum atomic E-state index is -3.46. The van der Waals surface area contributed by atoms with Gasteiger partial charge in [-0.1, -0.05) is 42.5 Å². The lowest BCUT2D eigenvalue weighted by Gasteiger charge is -2.41. The molecule has 1 aliphatic heterocycles. The molecule has 2 aromatic rings. The summed E-state index contributed by atoms with van der Waals surface area (Å²) < 4.78 is 33.4. The van der Waals surface area contributed by atoms with Gasteiger partial charge in [0.15, 0.2) is 0 Å². The molecule has 0 saturated carbocycles. The van der Waals surface area contributed by atoms with E-state index in [4.69, 9.17) is 4.74 Å². The topological polar surface area (TPSA) is 87.7 Å². The summed E-state index contributed by atoms with van der Waals surface area (Å²) in [5.41, 5.74) is 1.24.